The van der Waals surface area contributed by atoms with Crippen molar-refractivity contribution in [1.82, 2.24) is 9.80 Å². The predicted octanol–water partition coefficient (Wildman–Crippen LogP) is 1.76. The van der Waals surface area contributed by atoms with Crippen molar-refractivity contribution in [3.8, 4) is 5.75 Å². The van der Waals surface area contributed by atoms with E-state index in [0.717, 1.165) is 30.8 Å². The van der Waals surface area contributed by atoms with Gasteiger partial charge in [0.25, 0.3) is 0 Å². The molecule has 5 heteroatoms. The molecule has 1 aliphatic heterocycles. The van der Waals surface area contributed by atoms with E-state index in [1.165, 1.54) is 0 Å². The van der Waals surface area contributed by atoms with E-state index in [0.29, 0.717) is 25.5 Å². The minimum atomic E-state index is 0.143. The van der Waals surface area contributed by atoms with Crippen LogP contribution in [-0.4, -0.2) is 61.6 Å². The van der Waals surface area contributed by atoms with Crippen LogP contribution in [0.25, 0.3) is 0 Å². The summed E-state index contributed by atoms with van der Waals surface area (Å²) >= 11 is 0. The van der Waals surface area contributed by atoms with E-state index in [1.807, 2.05) is 36.2 Å². The molecule has 1 atom stereocenters. The van der Waals surface area contributed by atoms with Gasteiger partial charge in [-0.25, -0.2) is 0 Å². The summed E-state index contributed by atoms with van der Waals surface area (Å²) in [7, 11) is 4.07. The lowest BCUT2D eigenvalue weighted by Gasteiger charge is -2.35. The van der Waals surface area contributed by atoms with Crippen LogP contribution in [0.5, 0.6) is 5.75 Å². The van der Waals surface area contributed by atoms with Gasteiger partial charge in [0.1, 0.15) is 12.4 Å². The molecule has 1 fully saturated rings. The molecule has 1 aromatic carbocycles. The molecule has 0 aliphatic carbocycles. The molecule has 0 bridgehead atoms. The summed E-state index contributed by atoms with van der Waals surface area (Å²) in [6, 6.07) is 7.71. The lowest BCUT2D eigenvalue weighted by molar-refractivity contribution is -0.130. The zero-order valence-electron chi connectivity index (χ0n) is 15.4. The number of likely N-dealkylation sites (N-methyl/N-ethyl adjacent to an activating group) is 1. The Morgan fingerprint density at radius 2 is 2.21 bits per heavy atom. The first kappa shape index (κ1) is 18.7. The van der Waals surface area contributed by atoms with Crippen LogP contribution >= 0.6 is 0 Å². The molecule has 0 radical (unpaired) electrons. The van der Waals surface area contributed by atoms with E-state index in [2.05, 4.69) is 25.8 Å². The summed E-state index contributed by atoms with van der Waals surface area (Å²) < 4.78 is 5.53. The molecule has 1 heterocycles. The maximum atomic E-state index is 12.6. The van der Waals surface area contributed by atoms with Gasteiger partial charge in [0, 0.05) is 25.7 Å². The second kappa shape index (κ2) is 7.99. The fraction of sp³-hybridized carbons (Fsp3) is 0.632. The number of benzene rings is 1. The minimum Gasteiger partial charge on any atom is -0.492 e. The second-order valence-electron chi connectivity index (χ2n) is 7.30. The van der Waals surface area contributed by atoms with Crippen LogP contribution in [0.2, 0.25) is 0 Å². The number of nitrogens with zero attached hydrogens (tertiary/aromatic N) is 2. The Bertz CT molecular complexity index is 559. The maximum absolute atomic E-state index is 12.6. The Labute approximate surface area is 145 Å². The Balaban J connectivity index is 1.92. The highest BCUT2D eigenvalue weighted by atomic mass is 16.5. The molecule has 134 valence electrons. The molecule has 24 heavy (non-hydrogen) atoms. The van der Waals surface area contributed by atoms with Gasteiger partial charge in [-0.3, -0.25) is 4.79 Å². The van der Waals surface area contributed by atoms with Crippen molar-refractivity contribution >= 4 is 5.91 Å². The molecule has 1 aromatic rings. The van der Waals surface area contributed by atoms with E-state index < -0.39 is 0 Å². The first-order valence-corrected chi connectivity index (χ1v) is 8.71. The average Bonchev–Trinajstić information content (AvgIpc) is 2.80. The molecule has 1 saturated heterocycles. The number of likely N-dealkylation sites (tertiary alicyclic amines) is 1. The monoisotopic (exact) mass is 333 g/mol. The van der Waals surface area contributed by atoms with Crippen molar-refractivity contribution in [2.24, 2.45) is 11.7 Å². The maximum Gasteiger partial charge on any atom is 0.226 e. The number of carbonyl (C=O) groups excluding carboxylic acids is 1. The van der Waals surface area contributed by atoms with Gasteiger partial charge in [0.15, 0.2) is 0 Å². The Morgan fingerprint density at radius 1 is 1.46 bits per heavy atom. The summed E-state index contributed by atoms with van der Waals surface area (Å²) in [4.78, 5) is 16.8. The van der Waals surface area contributed by atoms with E-state index in [1.54, 1.807) is 0 Å². The first-order chi connectivity index (χ1) is 11.3. The standard InChI is InChI=1S/C19H31N3O2/c1-19(2)16(8-10-22(19)4)14-21(3)18(23)13-15-6-5-7-17(12-15)24-11-9-20/h5-7,12,16H,8-11,13-14,20H2,1-4H3. The van der Waals surface area contributed by atoms with Gasteiger partial charge >= 0.3 is 0 Å². The molecule has 1 aliphatic rings. The summed E-state index contributed by atoms with van der Waals surface area (Å²) in [5.41, 5.74) is 6.57. The van der Waals surface area contributed by atoms with Crippen molar-refractivity contribution in [2.75, 3.05) is 40.3 Å². The first-order valence-electron chi connectivity index (χ1n) is 8.71. The van der Waals surface area contributed by atoms with Crippen molar-refractivity contribution in [2.45, 2.75) is 32.2 Å². The summed E-state index contributed by atoms with van der Waals surface area (Å²) in [5.74, 6) is 1.43. The third-order valence-electron chi connectivity index (χ3n) is 5.36. The molecular weight excluding hydrogens is 302 g/mol. The smallest absolute Gasteiger partial charge is 0.226 e. The van der Waals surface area contributed by atoms with Crippen molar-refractivity contribution in [3.63, 3.8) is 0 Å². The zero-order valence-corrected chi connectivity index (χ0v) is 15.4. The highest BCUT2D eigenvalue weighted by Gasteiger charge is 2.39. The van der Waals surface area contributed by atoms with Crippen LogP contribution < -0.4 is 10.5 Å². The molecule has 2 N–H and O–H groups in total. The number of nitrogens with two attached hydrogens (primary N) is 1. The number of hydrogen-bond donors (Lipinski definition) is 1. The van der Waals surface area contributed by atoms with Crippen LogP contribution in [0.1, 0.15) is 25.8 Å². The number of rotatable bonds is 7. The van der Waals surface area contributed by atoms with Gasteiger partial charge in [-0.2, -0.15) is 0 Å². The Kier molecular flexibility index (Phi) is 6.24. The van der Waals surface area contributed by atoms with Crippen molar-refractivity contribution in [1.29, 1.82) is 0 Å². The van der Waals surface area contributed by atoms with Gasteiger partial charge in [-0.05, 0) is 57.5 Å². The molecule has 1 amide bonds. The third-order valence-corrected chi connectivity index (χ3v) is 5.36. The summed E-state index contributed by atoms with van der Waals surface area (Å²) in [6.07, 6.45) is 1.54. The normalized spacial score (nSPS) is 20.1. The number of amides is 1. The van der Waals surface area contributed by atoms with Gasteiger partial charge in [0.2, 0.25) is 5.91 Å². The van der Waals surface area contributed by atoms with Crippen LogP contribution in [0, 0.1) is 5.92 Å². The highest BCUT2D eigenvalue weighted by Crippen LogP contribution is 2.33. The quantitative estimate of drug-likeness (QED) is 0.826. The lowest BCUT2D eigenvalue weighted by Crippen LogP contribution is -2.45. The van der Waals surface area contributed by atoms with Gasteiger partial charge in [-0.15, -0.1) is 0 Å². The minimum absolute atomic E-state index is 0.143. The van der Waals surface area contributed by atoms with E-state index in [9.17, 15) is 4.79 Å². The SMILES string of the molecule is CN(CC1CCN(C)C1(C)C)C(=O)Cc1cccc(OCCN)c1. The average molecular weight is 333 g/mol. The van der Waals surface area contributed by atoms with Crippen LogP contribution in [0.3, 0.4) is 0 Å². The summed E-state index contributed by atoms with van der Waals surface area (Å²) in [5, 5.41) is 0. The van der Waals surface area contributed by atoms with Gasteiger partial charge < -0.3 is 20.3 Å². The number of ether oxygens (including phenoxy) is 1. The van der Waals surface area contributed by atoms with E-state index in [4.69, 9.17) is 10.5 Å². The summed E-state index contributed by atoms with van der Waals surface area (Å²) in [6.45, 7) is 7.40. The van der Waals surface area contributed by atoms with E-state index in [-0.39, 0.29) is 11.4 Å². The van der Waals surface area contributed by atoms with E-state index >= 15 is 0 Å². The van der Waals surface area contributed by atoms with Gasteiger partial charge in [0.05, 0.1) is 6.42 Å². The van der Waals surface area contributed by atoms with Crippen LogP contribution in [0.15, 0.2) is 24.3 Å². The molecule has 1 unspecified atom stereocenters. The molecule has 5 nitrogen and oxygen atoms in total. The second-order valence-corrected chi connectivity index (χ2v) is 7.30. The predicted molar refractivity (Wildman–Crippen MR) is 97.1 cm³/mol. The lowest BCUT2D eigenvalue weighted by atomic mass is 9.88. The topological polar surface area (TPSA) is 58.8 Å². The van der Waals surface area contributed by atoms with Crippen LogP contribution in [-0.2, 0) is 11.2 Å². The fourth-order valence-electron chi connectivity index (χ4n) is 3.28. The van der Waals surface area contributed by atoms with Gasteiger partial charge in [-0.1, -0.05) is 12.1 Å². The molecule has 0 saturated carbocycles. The Morgan fingerprint density at radius 3 is 2.83 bits per heavy atom. The largest absolute Gasteiger partial charge is 0.492 e. The molecule has 0 spiro atoms. The van der Waals surface area contributed by atoms with Crippen molar-refractivity contribution in [3.05, 3.63) is 29.8 Å². The number of hydrogen-bond acceptors (Lipinski definition) is 4. The fourth-order valence-corrected chi connectivity index (χ4v) is 3.28. The zero-order chi connectivity index (χ0) is 17.7. The third kappa shape index (κ3) is 4.48. The van der Waals surface area contributed by atoms with Crippen LogP contribution in [0.4, 0.5) is 0 Å². The highest BCUT2D eigenvalue weighted by molar-refractivity contribution is 5.78. The molecule has 0 aromatic heterocycles. The molecular formula is C19H31N3O2. The Hall–Kier alpha value is -1.59. The number of carbonyl (C=O) groups is 1. The van der Waals surface area contributed by atoms with Crippen molar-refractivity contribution < 1.29 is 9.53 Å². The molecule has 2 rings (SSSR count).